The smallest absolute Gasteiger partial charge is 0.311 e. The van der Waals surface area contributed by atoms with Gasteiger partial charge in [-0.1, -0.05) is 18.2 Å². The lowest BCUT2D eigenvalue weighted by atomic mass is 9.89. The number of hydrogen-bond acceptors (Lipinski definition) is 4. The van der Waals surface area contributed by atoms with Crippen LogP contribution in [0.3, 0.4) is 0 Å². The predicted octanol–water partition coefficient (Wildman–Crippen LogP) is 1.20. The van der Waals surface area contributed by atoms with Crippen LogP contribution in [-0.4, -0.2) is 47.2 Å². The van der Waals surface area contributed by atoms with Gasteiger partial charge in [0, 0.05) is 32.1 Å². The second kappa shape index (κ2) is 5.83. The van der Waals surface area contributed by atoms with E-state index in [-0.39, 0.29) is 18.2 Å². The first-order chi connectivity index (χ1) is 11.0. The van der Waals surface area contributed by atoms with Gasteiger partial charge in [0.2, 0.25) is 5.91 Å². The van der Waals surface area contributed by atoms with E-state index in [9.17, 15) is 19.5 Å². The Labute approximate surface area is 133 Å². The fraction of sp³-hybridized carbons (Fsp3) is 0.375. The first-order valence-corrected chi connectivity index (χ1v) is 7.46. The molecule has 2 aliphatic rings. The summed E-state index contributed by atoms with van der Waals surface area (Å²) >= 11 is 0. The van der Waals surface area contributed by atoms with Gasteiger partial charge in [-0.2, -0.15) is 5.10 Å². The molecule has 0 saturated heterocycles. The summed E-state index contributed by atoms with van der Waals surface area (Å²) < 4.78 is 0. The lowest BCUT2D eigenvalue weighted by Crippen LogP contribution is -2.44. The highest BCUT2D eigenvalue weighted by molar-refractivity contribution is 6.44. The molecule has 0 saturated carbocycles. The van der Waals surface area contributed by atoms with Crippen LogP contribution in [-0.2, 0) is 14.4 Å². The van der Waals surface area contributed by atoms with E-state index in [4.69, 9.17) is 0 Å². The quantitative estimate of drug-likeness (QED) is 0.888. The van der Waals surface area contributed by atoms with Gasteiger partial charge in [0.15, 0.2) is 0 Å². The predicted molar refractivity (Wildman–Crippen MR) is 83.2 cm³/mol. The van der Waals surface area contributed by atoms with E-state index in [0.29, 0.717) is 36.3 Å². The Hall–Kier alpha value is -2.70. The van der Waals surface area contributed by atoms with E-state index in [2.05, 4.69) is 5.10 Å². The highest BCUT2D eigenvalue weighted by atomic mass is 16.4. The Balaban J connectivity index is 1.93. The standard InChI is InChI=1S/C16H17N3O4/c1-18-14(20)7-6-12(17-18)15(21)19-9-8-11(16(22)23)10-4-2-3-5-13(10)19/h2-5,11H,6-9H2,1H3,(H,22,23). The number of fused-ring (bicyclic) bond motifs is 1. The van der Waals surface area contributed by atoms with E-state index in [0.717, 1.165) is 0 Å². The third-order valence-electron chi connectivity index (χ3n) is 4.24. The maximum atomic E-state index is 12.8. The summed E-state index contributed by atoms with van der Waals surface area (Å²) in [6.07, 6.45) is 0.928. The normalized spacial score (nSPS) is 20.8. The van der Waals surface area contributed by atoms with E-state index >= 15 is 0 Å². The molecule has 0 radical (unpaired) electrons. The van der Waals surface area contributed by atoms with Crippen molar-refractivity contribution in [2.75, 3.05) is 18.5 Å². The van der Waals surface area contributed by atoms with Crippen LogP contribution >= 0.6 is 0 Å². The van der Waals surface area contributed by atoms with Gasteiger partial charge in [-0.25, -0.2) is 5.01 Å². The van der Waals surface area contributed by atoms with Crippen LogP contribution in [0.4, 0.5) is 5.69 Å². The number of hydrazone groups is 1. The molecule has 23 heavy (non-hydrogen) atoms. The average molecular weight is 315 g/mol. The topological polar surface area (TPSA) is 90.3 Å². The Kier molecular flexibility index (Phi) is 3.85. The molecule has 1 N–H and O–H groups in total. The summed E-state index contributed by atoms with van der Waals surface area (Å²) in [7, 11) is 1.53. The maximum absolute atomic E-state index is 12.8. The van der Waals surface area contributed by atoms with Gasteiger partial charge in [-0.15, -0.1) is 0 Å². The van der Waals surface area contributed by atoms with Crippen molar-refractivity contribution >= 4 is 29.2 Å². The van der Waals surface area contributed by atoms with Gasteiger partial charge in [0.25, 0.3) is 5.91 Å². The van der Waals surface area contributed by atoms with Crippen molar-refractivity contribution < 1.29 is 19.5 Å². The molecular formula is C16H17N3O4. The molecule has 0 aliphatic carbocycles. The number of para-hydroxylation sites is 1. The number of benzene rings is 1. The summed E-state index contributed by atoms with van der Waals surface area (Å²) in [5.74, 6) is -1.87. The van der Waals surface area contributed by atoms with Crippen molar-refractivity contribution in [2.45, 2.75) is 25.2 Å². The van der Waals surface area contributed by atoms with Crippen molar-refractivity contribution in [1.29, 1.82) is 0 Å². The zero-order valence-electron chi connectivity index (χ0n) is 12.7. The molecule has 1 atom stereocenters. The van der Waals surface area contributed by atoms with E-state index in [1.165, 1.54) is 12.1 Å². The number of rotatable bonds is 2. The number of carboxylic acids is 1. The lowest BCUT2D eigenvalue weighted by Gasteiger charge is -2.33. The van der Waals surface area contributed by atoms with Crippen LogP contribution in [0.25, 0.3) is 0 Å². The molecule has 7 nitrogen and oxygen atoms in total. The highest BCUT2D eigenvalue weighted by Gasteiger charge is 2.34. The number of hydrogen-bond donors (Lipinski definition) is 1. The number of carbonyl (C=O) groups is 3. The van der Waals surface area contributed by atoms with Gasteiger partial charge >= 0.3 is 5.97 Å². The fourth-order valence-electron chi connectivity index (χ4n) is 3.01. The minimum Gasteiger partial charge on any atom is -0.481 e. The number of anilines is 1. The second-order valence-corrected chi connectivity index (χ2v) is 5.66. The molecule has 0 aromatic heterocycles. The Bertz CT molecular complexity index is 713. The van der Waals surface area contributed by atoms with Gasteiger partial charge in [0.1, 0.15) is 5.71 Å². The maximum Gasteiger partial charge on any atom is 0.311 e. The number of aliphatic carboxylic acids is 1. The summed E-state index contributed by atoms with van der Waals surface area (Å²) in [6.45, 7) is 0.323. The van der Waals surface area contributed by atoms with Crippen molar-refractivity contribution in [3.05, 3.63) is 29.8 Å². The van der Waals surface area contributed by atoms with E-state index < -0.39 is 11.9 Å². The second-order valence-electron chi connectivity index (χ2n) is 5.66. The lowest BCUT2D eigenvalue weighted by molar-refractivity contribution is -0.139. The number of carbonyl (C=O) groups excluding carboxylic acids is 2. The molecule has 1 unspecified atom stereocenters. The van der Waals surface area contributed by atoms with Gasteiger partial charge in [-0.3, -0.25) is 14.4 Å². The molecule has 0 spiro atoms. The van der Waals surface area contributed by atoms with Crippen LogP contribution in [0.5, 0.6) is 0 Å². The van der Waals surface area contributed by atoms with Gasteiger partial charge in [-0.05, 0) is 18.1 Å². The largest absolute Gasteiger partial charge is 0.481 e. The first-order valence-electron chi connectivity index (χ1n) is 7.46. The zero-order chi connectivity index (χ0) is 16.6. The van der Waals surface area contributed by atoms with Crippen molar-refractivity contribution in [2.24, 2.45) is 5.10 Å². The molecule has 7 heteroatoms. The molecule has 2 heterocycles. The zero-order valence-corrected chi connectivity index (χ0v) is 12.7. The Morgan fingerprint density at radius 3 is 2.70 bits per heavy atom. The molecule has 2 aliphatic heterocycles. The molecule has 0 bridgehead atoms. The van der Waals surface area contributed by atoms with Crippen LogP contribution in [0.1, 0.15) is 30.7 Å². The summed E-state index contributed by atoms with van der Waals surface area (Å²) in [6, 6.07) is 7.04. The van der Waals surface area contributed by atoms with Crippen LogP contribution in [0.15, 0.2) is 29.4 Å². The Morgan fingerprint density at radius 2 is 2.00 bits per heavy atom. The first kappa shape index (κ1) is 15.2. The summed E-state index contributed by atoms with van der Waals surface area (Å²) in [5, 5.41) is 14.6. The van der Waals surface area contributed by atoms with E-state index in [1.54, 1.807) is 29.2 Å². The van der Waals surface area contributed by atoms with Gasteiger partial charge in [0.05, 0.1) is 5.92 Å². The highest BCUT2D eigenvalue weighted by Crippen LogP contribution is 2.35. The number of nitrogens with zero attached hydrogens (tertiary/aromatic N) is 3. The Morgan fingerprint density at radius 1 is 1.26 bits per heavy atom. The molecule has 2 amide bonds. The van der Waals surface area contributed by atoms with Crippen molar-refractivity contribution in [3.8, 4) is 0 Å². The molecule has 3 rings (SSSR count). The summed E-state index contributed by atoms with van der Waals surface area (Å²) in [5.41, 5.74) is 1.58. The van der Waals surface area contributed by atoms with Crippen LogP contribution in [0.2, 0.25) is 0 Å². The van der Waals surface area contributed by atoms with Crippen molar-refractivity contribution in [1.82, 2.24) is 5.01 Å². The molecule has 0 fully saturated rings. The summed E-state index contributed by atoms with van der Waals surface area (Å²) in [4.78, 5) is 37.2. The van der Waals surface area contributed by atoms with E-state index in [1.807, 2.05) is 0 Å². The minimum absolute atomic E-state index is 0.119. The molecule has 120 valence electrons. The fourth-order valence-corrected chi connectivity index (χ4v) is 3.01. The monoisotopic (exact) mass is 315 g/mol. The van der Waals surface area contributed by atoms with Crippen LogP contribution < -0.4 is 4.90 Å². The van der Waals surface area contributed by atoms with Gasteiger partial charge < -0.3 is 10.0 Å². The molecule has 1 aromatic carbocycles. The van der Waals surface area contributed by atoms with Crippen LogP contribution in [0, 0.1) is 0 Å². The number of amides is 2. The third kappa shape index (κ3) is 2.69. The molecular weight excluding hydrogens is 298 g/mol. The SMILES string of the molecule is CN1N=C(C(=O)N2CCC(C(=O)O)c3ccccc32)CCC1=O. The molecule has 1 aromatic rings. The average Bonchev–Trinajstić information content (AvgIpc) is 2.55. The minimum atomic E-state index is -0.884. The van der Waals surface area contributed by atoms with Crippen molar-refractivity contribution in [3.63, 3.8) is 0 Å². The number of carboxylic acid groups (broad SMARTS) is 1. The third-order valence-corrected chi connectivity index (χ3v) is 4.24.